The fourth-order valence-electron chi connectivity index (χ4n) is 1.30. The van der Waals surface area contributed by atoms with E-state index in [0.29, 0.717) is 11.5 Å². The number of carbonyl (C=O) groups excluding carboxylic acids is 1. The van der Waals surface area contributed by atoms with Crippen LogP contribution in [0.15, 0.2) is 23.3 Å². The lowest BCUT2D eigenvalue weighted by Crippen LogP contribution is -2.39. The molecule has 0 spiro atoms. The van der Waals surface area contributed by atoms with Crippen LogP contribution in [0.4, 0.5) is 0 Å². The van der Waals surface area contributed by atoms with Gasteiger partial charge in [-0.3, -0.25) is 4.79 Å². The van der Waals surface area contributed by atoms with E-state index in [4.69, 9.17) is 9.47 Å². The molecule has 0 atom stereocenters. The number of benzene rings is 1. The van der Waals surface area contributed by atoms with Crippen LogP contribution in [0.3, 0.4) is 0 Å². The van der Waals surface area contributed by atoms with Crippen LogP contribution in [0.5, 0.6) is 11.5 Å². The number of carbonyl (C=O) groups is 1. The second kappa shape index (κ2) is 4.66. The first kappa shape index (κ1) is 12.4. The molecule has 0 saturated heterocycles. The average Bonchev–Trinajstić information content (AvgIpc) is 2.74. The van der Waals surface area contributed by atoms with E-state index >= 15 is 0 Å². The molecular weight excluding hydrogens is 236 g/mol. The lowest BCUT2D eigenvalue weighted by Gasteiger charge is -2.13. The Bertz CT molecular complexity index is 491. The molecule has 0 aromatic heterocycles. The van der Waals surface area contributed by atoms with Gasteiger partial charge in [-0.1, -0.05) is 0 Å². The molecule has 1 aliphatic heterocycles. The van der Waals surface area contributed by atoms with E-state index in [2.05, 4.69) is 10.5 Å². The van der Waals surface area contributed by atoms with Gasteiger partial charge in [0.25, 0.3) is 5.91 Å². The van der Waals surface area contributed by atoms with Crippen LogP contribution >= 0.6 is 0 Å². The predicted molar refractivity (Wildman–Crippen MR) is 64.6 cm³/mol. The molecule has 0 radical (unpaired) electrons. The van der Waals surface area contributed by atoms with Crippen LogP contribution in [0.2, 0.25) is 0 Å². The zero-order valence-electron chi connectivity index (χ0n) is 10.1. The van der Waals surface area contributed by atoms with E-state index in [9.17, 15) is 9.90 Å². The molecule has 0 bridgehead atoms. The quantitative estimate of drug-likeness (QED) is 0.609. The maximum atomic E-state index is 11.3. The van der Waals surface area contributed by atoms with E-state index in [0.717, 1.165) is 5.56 Å². The van der Waals surface area contributed by atoms with Crippen LogP contribution in [-0.4, -0.2) is 29.6 Å². The highest BCUT2D eigenvalue weighted by Crippen LogP contribution is 2.31. The van der Waals surface area contributed by atoms with Crippen LogP contribution < -0.4 is 14.9 Å². The number of nitrogens with zero attached hydrogens (tertiary/aromatic N) is 1. The smallest absolute Gasteiger partial charge is 0.271 e. The third-order valence-corrected chi connectivity index (χ3v) is 2.33. The fourth-order valence-corrected chi connectivity index (χ4v) is 1.30. The van der Waals surface area contributed by atoms with Gasteiger partial charge in [0.15, 0.2) is 11.5 Å². The SMILES string of the molecule is CC(C)(O)C(=O)N/N=C\c1ccc2c(c1)OCO2. The second-order valence-electron chi connectivity index (χ2n) is 4.37. The minimum Gasteiger partial charge on any atom is -0.454 e. The van der Waals surface area contributed by atoms with Gasteiger partial charge >= 0.3 is 0 Å². The number of fused-ring (bicyclic) bond motifs is 1. The average molecular weight is 250 g/mol. The van der Waals surface area contributed by atoms with Crippen molar-refractivity contribution in [3.8, 4) is 11.5 Å². The molecule has 2 N–H and O–H groups in total. The van der Waals surface area contributed by atoms with Gasteiger partial charge in [0.05, 0.1) is 6.21 Å². The van der Waals surface area contributed by atoms with E-state index in [1.54, 1.807) is 18.2 Å². The third-order valence-electron chi connectivity index (χ3n) is 2.33. The Balaban J connectivity index is 2.00. The number of hydrogen-bond acceptors (Lipinski definition) is 5. The number of hydrogen-bond donors (Lipinski definition) is 2. The summed E-state index contributed by atoms with van der Waals surface area (Å²) in [5.74, 6) is 0.764. The summed E-state index contributed by atoms with van der Waals surface area (Å²) in [6.07, 6.45) is 1.46. The van der Waals surface area contributed by atoms with Gasteiger partial charge in [0.2, 0.25) is 6.79 Å². The highest BCUT2D eigenvalue weighted by molar-refractivity contribution is 5.86. The van der Waals surface area contributed by atoms with Gasteiger partial charge in [-0.05, 0) is 37.6 Å². The van der Waals surface area contributed by atoms with Gasteiger partial charge < -0.3 is 14.6 Å². The van der Waals surface area contributed by atoms with E-state index in [-0.39, 0.29) is 6.79 Å². The molecule has 6 nitrogen and oxygen atoms in total. The fraction of sp³-hybridized carbons (Fsp3) is 0.333. The summed E-state index contributed by atoms with van der Waals surface area (Å²) in [5.41, 5.74) is 1.55. The first-order chi connectivity index (χ1) is 8.47. The molecule has 18 heavy (non-hydrogen) atoms. The zero-order chi connectivity index (χ0) is 13.2. The normalized spacial score (nSPS) is 13.9. The van der Waals surface area contributed by atoms with Crippen LogP contribution in [0, 0.1) is 0 Å². The summed E-state index contributed by atoms with van der Waals surface area (Å²) < 4.78 is 10.4. The predicted octanol–water partition coefficient (Wildman–Crippen LogP) is 0.636. The molecule has 1 amide bonds. The second-order valence-corrected chi connectivity index (χ2v) is 4.37. The van der Waals surface area contributed by atoms with Crippen molar-refractivity contribution in [2.24, 2.45) is 5.10 Å². The molecule has 0 aliphatic carbocycles. The van der Waals surface area contributed by atoms with Crippen molar-refractivity contribution in [2.75, 3.05) is 6.79 Å². The number of hydrazone groups is 1. The Morgan fingerprint density at radius 2 is 2.17 bits per heavy atom. The van der Waals surface area contributed by atoms with E-state index in [1.807, 2.05) is 0 Å². The molecule has 96 valence electrons. The summed E-state index contributed by atoms with van der Waals surface area (Å²) in [7, 11) is 0. The van der Waals surface area contributed by atoms with Crippen molar-refractivity contribution in [1.82, 2.24) is 5.43 Å². The minimum atomic E-state index is -1.45. The Morgan fingerprint density at radius 3 is 2.89 bits per heavy atom. The molecule has 0 fully saturated rings. The maximum absolute atomic E-state index is 11.3. The molecule has 1 aromatic rings. The standard InChI is InChI=1S/C12H14N2O4/c1-12(2,16)11(15)14-13-6-8-3-4-9-10(5-8)18-7-17-9/h3-6,16H,7H2,1-2H3,(H,14,15)/b13-6-. The Labute approximate surface area is 104 Å². The highest BCUT2D eigenvalue weighted by atomic mass is 16.7. The monoisotopic (exact) mass is 250 g/mol. The number of amides is 1. The number of aliphatic hydroxyl groups is 1. The summed E-state index contributed by atoms with van der Waals surface area (Å²) >= 11 is 0. The topological polar surface area (TPSA) is 80.2 Å². The molecular formula is C12H14N2O4. The summed E-state index contributed by atoms with van der Waals surface area (Å²) in [5, 5.41) is 13.1. The molecule has 6 heteroatoms. The zero-order valence-corrected chi connectivity index (χ0v) is 10.1. The van der Waals surface area contributed by atoms with Crippen LogP contribution in [0.1, 0.15) is 19.4 Å². The van der Waals surface area contributed by atoms with Crippen molar-refractivity contribution in [3.05, 3.63) is 23.8 Å². The first-order valence-corrected chi connectivity index (χ1v) is 5.42. The van der Waals surface area contributed by atoms with Gasteiger partial charge in [-0.15, -0.1) is 0 Å². The Morgan fingerprint density at radius 1 is 1.44 bits per heavy atom. The molecule has 2 rings (SSSR count). The first-order valence-electron chi connectivity index (χ1n) is 5.42. The summed E-state index contributed by atoms with van der Waals surface area (Å²) in [6, 6.07) is 5.30. The van der Waals surface area contributed by atoms with Crippen molar-refractivity contribution >= 4 is 12.1 Å². The van der Waals surface area contributed by atoms with Crippen molar-refractivity contribution in [1.29, 1.82) is 0 Å². The van der Waals surface area contributed by atoms with E-state index < -0.39 is 11.5 Å². The lowest BCUT2D eigenvalue weighted by atomic mass is 10.1. The van der Waals surface area contributed by atoms with Crippen molar-refractivity contribution < 1.29 is 19.4 Å². The summed E-state index contributed by atoms with van der Waals surface area (Å²) in [6.45, 7) is 2.99. The molecule has 0 unspecified atom stereocenters. The molecule has 0 saturated carbocycles. The Hall–Kier alpha value is -2.08. The van der Waals surface area contributed by atoms with Crippen LogP contribution in [0.25, 0.3) is 0 Å². The largest absolute Gasteiger partial charge is 0.454 e. The number of rotatable bonds is 3. The lowest BCUT2D eigenvalue weighted by molar-refractivity contribution is -0.136. The van der Waals surface area contributed by atoms with Crippen molar-refractivity contribution in [2.45, 2.75) is 19.4 Å². The maximum Gasteiger partial charge on any atom is 0.271 e. The highest BCUT2D eigenvalue weighted by Gasteiger charge is 2.22. The van der Waals surface area contributed by atoms with E-state index in [1.165, 1.54) is 20.1 Å². The van der Waals surface area contributed by atoms with Crippen molar-refractivity contribution in [3.63, 3.8) is 0 Å². The molecule has 1 heterocycles. The van der Waals surface area contributed by atoms with Gasteiger partial charge in [-0.2, -0.15) is 5.10 Å². The number of nitrogens with one attached hydrogen (secondary N) is 1. The number of ether oxygens (including phenoxy) is 2. The molecule has 1 aliphatic rings. The molecule has 1 aromatic carbocycles. The third kappa shape index (κ3) is 2.78. The van der Waals surface area contributed by atoms with Crippen LogP contribution in [-0.2, 0) is 4.79 Å². The minimum absolute atomic E-state index is 0.214. The Kier molecular flexibility index (Phi) is 3.20. The summed E-state index contributed by atoms with van der Waals surface area (Å²) in [4.78, 5) is 11.3. The van der Waals surface area contributed by atoms with Gasteiger partial charge in [0.1, 0.15) is 5.60 Å². The van der Waals surface area contributed by atoms with Gasteiger partial charge in [-0.25, -0.2) is 5.43 Å². The van der Waals surface area contributed by atoms with Gasteiger partial charge in [0, 0.05) is 0 Å².